The van der Waals surface area contributed by atoms with Gasteiger partial charge in [0.25, 0.3) is 0 Å². The van der Waals surface area contributed by atoms with Gasteiger partial charge in [-0.05, 0) is 30.2 Å². The molecular formula is C17H19F3IN3O2. The number of aliphatic imine (C=N–C) groups is 1. The van der Waals surface area contributed by atoms with Crippen LogP contribution in [-0.4, -0.2) is 26.0 Å². The fourth-order valence-electron chi connectivity index (χ4n) is 2.16. The van der Waals surface area contributed by atoms with E-state index in [1.165, 1.54) is 19.2 Å². The number of nitrogens with one attached hydrogen (secondary N) is 1. The Bertz CT molecular complexity index is 739. The summed E-state index contributed by atoms with van der Waals surface area (Å²) in [4.78, 5) is 4.12. The maximum atomic E-state index is 12.4. The first-order valence-electron chi connectivity index (χ1n) is 7.42. The SMILES string of the molecule is COc1ccccc1NC(N)=NCCc1ccccc1OC(F)(F)F.I. The molecule has 2 aromatic carbocycles. The molecule has 0 bridgehead atoms. The van der Waals surface area contributed by atoms with Gasteiger partial charge in [-0.3, -0.25) is 4.99 Å². The number of anilines is 1. The maximum Gasteiger partial charge on any atom is 0.573 e. The summed E-state index contributed by atoms with van der Waals surface area (Å²) in [5.41, 5.74) is 6.85. The number of benzene rings is 2. The number of alkyl halides is 3. The van der Waals surface area contributed by atoms with E-state index < -0.39 is 6.36 Å². The van der Waals surface area contributed by atoms with E-state index in [1.54, 1.807) is 24.3 Å². The molecule has 0 heterocycles. The molecule has 26 heavy (non-hydrogen) atoms. The van der Waals surface area contributed by atoms with Gasteiger partial charge in [0.2, 0.25) is 0 Å². The summed E-state index contributed by atoms with van der Waals surface area (Å²) < 4.78 is 46.4. The Morgan fingerprint density at radius 2 is 1.69 bits per heavy atom. The molecule has 0 amide bonds. The standard InChI is InChI=1S/C17H18F3N3O2.HI/c1-24-15-9-5-3-7-13(15)23-16(21)22-11-10-12-6-2-4-8-14(12)25-17(18,19)20;/h2-9H,10-11H2,1H3,(H3,21,22,23);1H. The Balaban J connectivity index is 0.00000338. The van der Waals surface area contributed by atoms with Gasteiger partial charge in [0.1, 0.15) is 11.5 Å². The van der Waals surface area contributed by atoms with Crippen LogP contribution in [0.4, 0.5) is 18.9 Å². The molecule has 0 aliphatic rings. The molecule has 0 aromatic heterocycles. The van der Waals surface area contributed by atoms with Crippen molar-refractivity contribution < 1.29 is 22.6 Å². The first kappa shape index (κ1) is 21.9. The summed E-state index contributed by atoms with van der Waals surface area (Å²) in [6.07, 6.45) is -4.48. The smallest absolute Gasteiger partial charge is 0.495 e. The summed E-state index contributed by atoms with van der Waals surface area (Å²) in [5.74, 6) is 0.504. The number of hydrogen-bond acceptors (Lipinski definition) is 3. The molecule has 142 valence electrons. The van der Waals surface area contributed by atoms with Crippen molar-refractivity contribution in [3.63, 3.8) is 0 Å². The predicted molar refractivity (Wildman–Crippen MR) is 105 cm³/mol. The van der Waals surface area contributed by atoms with Gasteiger partial charge in [0.15, 0.2) is 5.96 Å². The number of guanidine groups is 1. The largest absolute Gasteiger partial charge is 0.573 e. The monoisotopic (exact) mass is 481 g/mol. The van der Waals surface area contributed by atoms with Gasteiger partial charge in [0.05, 0.1) is 12.8 Å². The molecule has 5 nitrogen and oxygen atoms in total. The highest BCUT2D eigenvalue weighted by atomic mass is 127. The lowest BCUT2D eigenvalue weighted by Crippen LogP contribution is -2.23. The number of rotatable bonds is 6. The van der Waals surface area contributed by atoms with Gasteiger partial charge in [-0.15, -0.1) is 37.1 Å². The van der Waals surface area contributed by atoms with Crippen molar-refractivity contribution in [2.24, 2.45) is 10.7 Å². The molecule has 0 atom stereocenters. The molecule has 0 radical (unpaired) electrons. The number of methoxy groups -OCH3 is 1. The highest BCUT2D eigenvalue weighted by Gasteiger charge is 2.31. The summed E-state index contributed by atoms with van der Waals surface area (Å²) in [5, 5.41) is 2.89. The zero-order chi connectivity index (χ0) is 18.3. The second-order valence-electron chi connectivity index (χ2n) is 5.00. The molecule has 0 saturated carbocycles. The van der Waals surface area contributed by atoms with E-state index in [9.17, 15) is 13.2 Å². The fraction of sp³-hybridized carbons (Fsp3) is 0.235. The van der Waals surface area contributed by atoms with Crippen LogP contribution in [0.3, 0.4) is 0 Å². The molecule has 2 aromatic rings. The van der Waals surface area contributed by atoms with E-state index in [0.717, 1.165) is 0 Å². The number of nitrogens with two attached hydrogens (primary N) is 1. The van der Waals surface area contributed by atoms with Crippen molar-refractivity contribution in [2.75, 3.05) is 19.0 Å². The molecular weight excluding hydrogens is 462 g/mol. The van der Waals surface area contributed by atoms with Crippen molar-refractivity contribution in [2.45, 2.75) is 12.8 Å². The second kappa shape index (κ2) is 10.1. The lowest BCUT2D eigenvalue weighted by molar-refractivity contribution is -0.274. The van der Waals surface area contributed by atoms with Crippen molar-refractivity contribution in [1.82, 2.24) is 0 Å². The zero-order valence-electron chi connectivity index (χ0n) is 13.9. The van der Waals surface area contributed by atoms with Crippen molar-refractivity contribution in [1.29, 1.82) is 0 Å². The van der Waals surface area contributed by atoms with Gasteiger partial charge in [0, 0.05) is 6.54 Å². The molecule has 3 N–H and O–H groups in total. The van der Waals surface area contributed by atoms with Crippen LogP contribution in [0.15, 0.2) is 53.5 Å². The average molecular weight is 481 g/mol. The zero-order valence-corrected chi connectivity index (χ0v) is 16.2. The van der Waals surface area contributed by atoms with E-state index in [0.29, 0.717) is 17.0 Å². The first-order valence-corrected chi connectivity index (χ1v) is 7.42. The lowest BCUT2D eigenvalue weighted by atomic mass is 10.1. The molecule has 2 rings (SSSR count). The van der Waals surface area contributed by atoms with Crippen LogP contribution < -0.4 is 20.5 Å². The average Bonchev–Trinajstić information content (AvgIpc) is 2.55. The van der Waals surface area contributed by atoms with E-state index in [2.05, 4.69) is 15.0 Å². The molecule has 0 saturated heterocycles. The Hall–Kier alpha value is -2.17. The highest BCUT2D eigenvalue weighted by molar-refractivity contribution is 14.0. The Kier molecular flexibility index (Phi) is 8.49. The van der Waals surface area contributed by atoms with Gasteiger partial charge in [-0.25, -0.2) is 0 Å². The number of nitrogens with zero attached hydrogens (tertiary/aromatic N) is 1. The van der Waals surface area contributed by atoms with Gasteiger partial charge in [-0.1, -0.05) is 30.3 Å². The molecule has 0 unspecified atom stereocenters. The highest BCUT2D eigenvalue weighted by Crippen LogP contribution is 2.26. The molecule has 0 fully saturated rings. The lowest BCUT2D eigenvalue weighted by Gasteiger charge is -2.13. The molecule has 9 heteroatoms. The second-order valence-corrected chi connectivity index (χ2v) is 5.00. The summed E-state index contributed by atoms with van der Waals surface area (Å²) in [6.45, 7) is 0.201. The number of para-hydroxylation sites is 3. The summed E-state index contributed by atoms with van der Waals surface area (Å²) >= 11 is 0. The van der Waals surface area contributed by atoms with Crippen LogP contribution in [0.1, 0.15) is 5.56 Å². The third kappa shape index (κ3) is 6.98. The quantitative estimate of drug-likeness (QED) is 0.369. The predicted octanol–water partition coefficient (Wildman–Crippen LogP) is 4.18. The van der Waals surface area contributed by atoms with Crippen LogP contribution in [0.2, 0.25) is 0 Å². The van der Waals surface area contributed by atoms with Gasteiger partial charge < -0.3 is 20.5 Å². The Morgan fingerprint density at radius 3 is 2.35 bits per heavy atom. The minimum atomic E-state index is -4.73. The van der Waals surface area contributed by atoms with Crippen LogP contribution in [0.5, 0.6) is 11.5 Å². The van der Waals surface area contributed by atoms with Crippen molar-refractivity contribution >= 4 is 35.6 Å². The van der Waals surface area contributed by atoms with Crippen LogP contribution in [0, 0.1) is 0 Å². The van der Waals surface area contributed by atoms with E-state index in [-0.39, 0.29) is 48.7 Å². The van der Waals surface area contributed by atoms with E-state index in [1.807, 2.05) is 12.1 Å². The van der Waals surface area contributed by atoms with Crippen LogP contribution in [0.25, 0.3) is 0 Å². The number of halogens is 4. The molecule has 0 aliphatic carbocycles. The summed E-state index contributed by atoms with van der Waals surface area (Å²) in [7, 11) is 1.53. The van der Waals surface area contributed by atoms with Gasteiger partial charge >= 0.3 is 6.36 Å². The summed E-state index contributed by atoms with van der Waals surface area (Å²) in [6, 6.07) is 13.1. The first-order chi connectivity index (χ1) is 11.9. The van der Waals surface area contributed by atoms with E-state index >= 15 is 0 Å². The normalized spacial score (nSPS) is 11.5. The van der Waals surface area contributed by atoms with Crippen molar-refractivity contribution in [3.8, 4) is 11.5 Å². The number of ether oxygens (including phenoxy) is 2. The third-order valence-electron chi connectivity index (χ3n) is 3.23. The number of hydrogen-bond donors (Lipinski definition) is 2. The van der Waals surface area contributed by atoms with Crippen LogP contribution in [-0.2, 0) is 6.42 Å². The minimum Gasteiger partial charge on any atom is -0.495 e. The molecule has 0 aliphatic heterocycles. The Labute approximate surface area is 166 Å². The minimum absolute atomic E-state index is 0. The fourth-order valence-corrected chi connectivity index (χ4v) is 2.16. The van der Waals surface area contributed by atoms with E-state index in [4.69, 9.17) is 10.5 Å². The Morgan fingerprint density at radius 1 is 1.08 bits per heavy atom. The third-order valence-corrected chi connectivity index (χ3v) is 3.23. The van der Waals surface area contributed by atoms with Gasteiger partial charge in [-0.2, -0.15) is 0 Å². The van der Waals surface area contributed by atoms with Crippen molar-refractivity contribution in [3.05, 3.63) is 54.1 Å². The maximum absolute atomic E-state index is 12.4. The van der Waals surface area contributed by atoms with Crippen LogP contribution >= 0.6 is 24.0 Å². The topological polar surface area (TPSA) is 68.9 Å². The molecule has 0 spiro atoms.